The Hall–Kier alpha value is -1.72. The number of hydrogen-bond acceptors (Lipinski definition) is 4. The van der Waals surface area contributed by atoms with Gasteiger partial charge in [0.15, 0.2) is 0 Å². The molecule has 0 aliphatic rings. The van der Waals surface area contributed by atoms with Crippen molar-refractivity contribution >= 4 is 0 Å². The zero-order valence-corrected chi connectivity index (χ0v) is 12.2. The third-order valence-corrected chi connectivity index (χ3v) is 3.45. The molecule has 0 aliphatic carbocycles. The van der Waals surface area contributed by atoms with Gasteiger partial charge < -0.3 is 0 Å². The van der Waals surface area contributed by atoms with Crippen molar-refractivity contribution in [1.82, 2.24) is 20.4 Å². The molecular weight excluding hydrogens is 250 g/mol. The molecule has 5 heteroatoms. The van der Waals surface area contributed by atoms with E-state index in [1.165, 1.54) is 11.1 Å². The number of rotatable bonds is 7. The third-order valence-electron chi connectivity index (χ3n) is 3.45. The van der Waals surface area contributed by atoms with Crippen molar-refractivity contribution in [1.29, 1.82) is 0 Å². The molecule has 0 spiro atoms. The largest absolute Gasteiger partial charge is 0.271 e. The minimum absolute atomic E-state index is 0.0806. The Morgan fingerprint density at radius 1 is 1.40 bits per heavy atom. The average Bonchev–Trinajstić information content (AvgIpc) is 2.89. The fraction of sp³-hybridized carbons (Fsp3) is 0.467. The Kier molecular flexibility index (Phi) is 5.26. The van der Waals surface area contributed by atoms with E-state index < -0.39 is 0 Å². The lowest BCUT2D eigenvalue weighted by atomic mass is 10.0. The quantitative estimate of drug-likeness (QED) is 0.599. The first-order valence-corrected chi connectivity index (χ1v) is 7.14. The summed E-state index contributed by atoms with van der Waals surface area (Å²) in [5.74, 6) is 5.70. The molecule has 1 heterocycles. The predicted molar refractivity (Wildman–Crippen MR) is 79.9 cm³/mol. The maximum absolute atomic E-state index is 5.70. The molecule has 1 aromatic heterocycles. The van der Waals surface area contributed by atoms with E-state index in [1.807, 2.05) is 4.68 Å². The summed E-state index contributed by atoms with van der Waals surface area (Å²) in [5, 5.41) is 8.11. The Bertz CT molecular complexity index is 535. The van der Waals surface area contributed by atoms with Gasteiger partial charge in [0.25, 0.3) is 0 Å². The average molecular weight is 273 g/mol. The van der Waals surface area contributed by atoms with Crippen LogP contribution in [0, 0.1) is 6.92 Å². The highest BCUT2D eigenvalue weighted by atomic mass is 15.4. The first-order chi connectivity index (χ1) is 9.74. The molecule has 0 amide bonds. The van der Waals surface area contributed by atoms with Gasteiger partial charge in [-0.3, -0.25) is 11.3 Å². The molecule has 0 aliphatic heterocycles. The van der Waals surface area contributed by atoms with E-state index >= 15 is 0 Å². The first-order valence-electron chi connectivity index (χ1n) is 7.14. The molecular formula is C15H23N5. The first kappa shape index (κ1) is 14.7. The van der Waals surface area contributed by atoms with E-state index in [4.69, 9.17) is 5.84 Å². The number of hydrogen-bond donors (Lipinski definition) is 2. The Morgan fingerprint density at radius 2 is 2.25 bits per heavy atom. The van der Waals surface area contributed by atoms with Crippen LogP contribution in [0.15, 0.2) is 30.5 Å². The van der Waals surface area contributed by atoms with Crippen molar-refractivity contribution in [2.75, 3.05) is 0 Å². The number of benzene rings is 1. The number of aryl methyl sites for hydroxylation is 3. The summed E-state index contributed by atoms with van der Waals surface area (Å²) in [7, 11) is 0. The van der Waals surface area contributed by atoms with E-state index in [0.717, 1.165) is 31.5 Å². The molecule has 2 rings (SSSR count). The fourth-order valence-corrected chi connectivity index (χ4v) is 2.42. The second-order valence-corrected chi connectivity index (χ2v) is 5.13. The second kappa shape index (κ2) is 7.17. The number of nitrogens with zero attached hydrogens (tertiary/aromatic N) is 3. The lowest BCUT2D eigenvalue weighted by Crippen LogP contribution is -2.30. The highest BCUT2D eigenvalue weighted by Gasteiger charge is 2.15. The third kappa shape index (κ3) is 3.65. The van der Waals surface area contributed by atoms with Crippen molar-refractivity contribution in [3.05, 3.63) is 47.3 Å². The minimum atomic E-state index is 0.0806. The maximum Gasteiger partial charge on any atom is 0.0770 e. The number of nitrogens with two attached hydrogens (primary N) is 1. The van der Waals surface area contributed by atoms with Gasteiger partial charge in [-0.05, 0) is 31.7 Å². The van der Waals surface area contributed by atoms with Crippen LogP contribution in [0.3, 0.4) is 0 Å². The Labute approximate surface area is 120 Å². The number of nitrogens with one attached hydrogen (secondary N) is 1. The van der Waals surface area contributed by atoms with Crippen molar-refractivity contribution in [3.8, 4) is 0 Å². The van der Waals surface area contributed by atoms with Gasteiger partial charge in [-0.15, -0.1) is 5.10 Å². The van der Waals surface area contributed by atoms with E-state index in [-0.39, 0.29) is 6.04 Å². The van der Waals surface area contributed by atoms with Crippen LogP contribution in [0.1, 0.15) is 42.6 Å². The normalized spacial score (nSPS) is 12.6. The fourth-order valence-electron chi connectivity index (χ4n) is 2.42. The standard InChI is InChI=1S/C15H23N5/c1-3-9-20-15(11-17-19-20)14(18-16)8-7-13-6-4-5-12(2)10-13/h4-6,10-11,14,18H,3,7-9,16H2,1-2H3. The Morgan fingerprint density at radius 3 is 2.95 bits per heavy atom. The zero-order chi connectivity index (χ0) is 14.4. The van der Waals surface area contributed by atoms with Gasteiger partial charge in [0, 0.05) is 6.54 Å². The molecule has 2 aromatic rings. The van der Waals surface area contributed by atoms with Gasteiger partial charge in [-0.2, -0.15) is 0 Å². The molecule has 3 N–H and O–H groups in total. The maximum atomic E-state index is 5.70. The van der Waals surface area contributed by atoms with Crippen LogP contribution in [0.4, 0.5) is 0 Å². The van der Waals surface area contributed by atoms with E-state index in [1.54, 1.807) is 6.20 Å². The highest BCUT2D eigenvalue weighted by molar-refractivity contribution is 5.22. The number of aromatic nitrogens is 3. The molecule has 1 atom stereocenters. The summed E-state index contributed by atoms with van der Waals surface area (Å²) < 4.78 is 1.93. The van der Waals surface area contributed by atoms with Gasteiger partial charge in [0.05, 0.1) is 17.9 Å². The summed E-state index contributed by atoms with van der Waals surface area (Å²) in [6, 6.07) is 8.66. The van der Waals surface area contributed by atoms with Crippen molar-refractivity contribution in [2.24, 2.45) is 5.84 Å². The van der Waals surface area contributed by atoms with Gasteiger partial charge in [-0.1, -0.05) is 42.0 Å². The molecule has 0 bridgehead atoms. The van der Waals surface area contributed by atoms with E-state index in [2.05, 4.69) is 53.9 Å². The van der Waals surface area contributed by atoms with E-state index in [0.29, 0.717) is 0 Å². The second-order valence-electron chi connectivity index (χ2n) is 5.13. The van der Waals surface area contributed by atoms with Gasteiger partial charge in [-0.25, -0.2) is 4.68 Å². The van der Waals surface area contributed by atoms with Crippen LogP contribution in [0.2, 0.25) is 0 Å². The SMILES string of the molecule is CCCn1nncc1C(CCc1cccc(C)c1)NN. The lowest BCUT2D eigenvalue weighted by Gasteiger charge is -2.16. The zero-order valence-electron chi connectivity index (χ0n) is 12.2. The molecule has 108 valence electrons. The van der Waals surface area contributed by atoms with Crippen LogP contribution >= 0.6 is 0 Å². The molecule has 20 heavy (non-hydrogen) atoms. The Balaban J connectivity index is 2.03. The highest BCUT2D eigenvalue weighted by Crippen LogP contribution is 2.18. The number of hydrazine groups is 1. The topological polar surface area (TPSA) is 68.8 Å². The summed E-state index contributed by atoms with van der Waals surface area (Å²) in [6.07, 6.45) is 4.74. The summed E-state index contributed by atoms with van der Waals surface area (Å²) in [4.78, 5) is 0. The van der Waals surface area contributed by atoms with Crippen molar-refractivity contribution in [2.45, 2.75) is 45.7 Å². The van der Waals surface area contributed by atoms with Crippen LogP contribution in [-0.2, 0) is 13.0 Å². The molecule has 0 saturated heterocycles. The summed E-state index contributed by atoms with van der Waals surface area (Å²) in [6.45, 7) is 5.11. The van der Waals surface area contributed by atoms with Crippen molar-refractivity contribution < 1.29 is 0 Å². The van der Waals surface area contributed by atoms with Crippen LogP contribution in [0.5, 0.6) is 0 Å². The summed E-state index contributed by atoms with van der Waals surface area (Å²) in [5.41, 5.74) is 6.57. The van der Waals surface area contributed by atoms with Gasteiger partial charge in [0.2, 0.25) is 0 Å². The molecule has 5 nitrogen and oxygen atoms in total. The molecule has 1 aromatic carbocycles. The van der Waals surface area contributed by atoms with E-state index in [9.17, 15) is 0 Å². The minimum Gasteiger partial charge on any atom is -0.271 e. The molecule has 0 radical (unpaired) electrons. The molecule has 0 saturated carbocycles. The van der Waals surface area contributed by atoms with Crippen LogP contribution < -0.4 is 11.3 Å². The monoisotopic (exact) mass is 273 g/mol. The summed E-state index contributed by atoms with van der Waals surface area (Å²) >= 11 is 0. The van der Waals surface area contributed by atoms with Gasteiger partial charge in [0.1, 0.15) is 0 Å². The van der Waals surface area contributed by atoms with Gasteiger partial charge >= 0.3 is 0 Å². The molecule has 1 unspecified atom stereocenters. The lowest BCUT2D eigenvalue weighted by molar-refractivity contribution is 0.454. The van der Waals surface area contributed by atoms with Crippen molar-refractivity contribution in [3.63, 3.8) is 0 Å². The van der Waals surface area contributed by atoms with Crippen LogP contribution in [0.25, 0.3) is 0 Å². The smallest absolute Gasteiger partial charge is 0.0770 e. The predicted octanol–water partition coefficient (Wildman–Crippen LogP) is 2.13. The van der Waals surface area contributed by atoms with Crippen LogP contribution in [-0.4, -0.2) is 15.0 Å². The molecule has 0 fully saturated rings.